The lowest BCUT2D eigenvalue weighted by Crippen LogP contribution is -2.40. The van der Waals surface area contributed by atoms with E-state index in [9.17, 15) is 0 Å². The van der Waals surface area contributed by atoms with Gasteiger partial charge < -0.3 is 20.3 Å². The smallest absolute Gasteiger partial charge is 0.189 e. The van der Waals surface area contributed by atoms with Gasteiger partial charge in [0.1, 0.15) is 12.0 Å². The van der Waals surface area contributed by atoms with Gasteiger partial charge in [0.25, 0.3) is 0 Å². The lowest BCUT2D eigenvalue weighted by Gasteiger charge is -2.12. The Hall–Kier alpha value is -1.56. The number of methoxy groups -OCH3 is 1. The van der Waals surface area contributed by atoms with Crippen molar-refractivity contribution < 1.29 is 9.26 Å². The lowest BCUT2D eigenvalue weighted by molar-refractivity contribution is 0.179. The zero-order valence-corrected chi connectivity index (χ0v) is 8.93. The SMILES string of the molecule is COCC(C)NC(N)=NCc1ccon1. The zero-order chi connectivity index (χ0) is 11.1. The minimum absolute atomic E-state index is 0.135. The van der Waals surface area contributed by atoms with E-state index in [2.05, 4.69) is 20.0 Å². The first-order chi connectivity index (χ1) is 7.22. The van der Waals surface area contributed by atoms with Gasteiger partial charge in [0.05, 0.1) is 13.2 Å². The zero-order valence-electron chi connectivity index (χ0n) is 8.93. The van der Waals surface area contributed by atoms with Gasteiger partial charge in [0, 0.05) is 19.2 Å². The van der Waals surface area contributed by atoms with Crippen molar-refractivity contribution in [3.8, 4) is 0 Å². The van der Waals surface area contributed by atoms with E-state index < -0.39 is 0 Å². The van der Waals surface area contributed by atoms with Crippen molar-refractivity contribution in [1.29, 1.82) is 0 Å². The van der Waals surface area contributed by atoms with Crippen LogP contribution in [0.1, 0.15) is 12.6 Å². The molecule has 0 aliphatic heterocycles. The maximum atomic E-state index is 5.65. The fraction of sp³-hybridized carbons (Fsp3) is 0.556. The van der Waals surface area contributed by atoms with E-state index in [1.165, 1.54) is 6.26 Å². The Balaban J connectivity index is 2.33. The molecule has 0 saturated carbocycles. The third-order valence-electron chi connectivity index (χ3n) is 1.71. The second kappa shape index (κ2) is 6.02. The minimum Gasteiger partial charge on any atom is -0.383 e. The van der Waals surface area contributed by atoms with E-state index in [-0.39, 0.29) is 6.04 Å². The molecule has 0 spiro atoms. The van der Waals surface area contributed by atoms with Gasteiger partial charge in [0.15, 0.2) is 5.96 Å². The standard InChI is InChI=1S/C9H16N4O2/c1-7(6-14-2)12-9(10)11-5-8-3-4-15-13-8/h3-4,7H,5-6H2,1-2H3,(H3,10,11,12). The highest BCUT2D eigenvalue weighted by atomic mass is 16.5. The van der Waals surface area contributed by atoms with Crippen LogP contribution in [0.4, 0.5) is 0 Å². The van der Waals surface area contributed by atoms with E-state index in [0.717, 1.165) is 5.69 Å². The summed E-state index contributed by atoms with van der Waals surface area (Å²) >= 11 is 0. The molecule has 1 rings (SSSR count). The third-order valence-corrected chi connectivity index (χ3v) is 1.71. The molecule has 3 N–H and O–H groups in total. The Kier molecular flexibility index (Phi) is 4.62. The van der Waals surface area contributed by atoms with Crippen LogP contribution in [0, 0.1) is 0 Å². The number of ether oxygens (including phenoxy) is 1. The van der Waals surface area contributed by atoms with Crippen molar-refractivity contribution in [1.82, 2.24) is 10.5 Å². The number of nitrogens with two attached hydrogens (primary N) is 1. The van der Waals surface area contributed by atoms with E-state index in [1.807, 2.05) is 6.92 Å². The number of guanidine groups is 1. The van der Waals surface area contributed by atoms with Crippen LogP contribution in [0.5, 0.6) is 0 Å². The van der Waals surface area contributed by atoms with Gasteiger partial charge in [-0.2, -0.15) is 0 Å². The Morgan fingerprint density at radius 2 is 2.60 bits per heavy atom. The summed E-state index contributed by atoms with van der Waals surface area (Å²) in [5.41, 5.74) is 6.40. The van der Waals surface area contributed by atoms with Gasteiger partial charge in [-0.25, -0.2) is 4.99 Å². The van der Waals surface area contributed by atoms with E-state index in [1.54, 1.807) is 13.2 Å². The first-order valence-corrected chi connectivity index (χ1v) is 4.67. The normalized spacial score (nSPS) is 13.9. The van der Waals surface area contributed by atoms with Crippen LogP contribution in [0.25, 0.3) is 0 Å². The van der Waals surface area contributed by atoms with Crippen molar-refractivity contribution in [3.63, 3.8) is 0 Å². The van der Waals surface area contributed by atoms with Gasteiger partial charge in [-0.05, 0) is 6.92 Å². The molecule has 1 aromatic heterocycles. The van der Waals surface area contributed by atoms with Gasteiger partial charge in [0.2, 0.25) is 0 Å². The summed E-state index contributed by atoms with van der Waals surface area (Å²) in [6, 6.07) is 1.88. The average molecular weight is 212 g/mol. The number of hydrogen-bond donors (Lipinski definition) is 2. The van der Waals surface area contributed by atoms with Crippen molar-refractivity contribution in [2.24, 2.45) is 10.7 Å². The molecule has 0 saturated heterocycles. The number of nitrogens with one attached hydrogen (secondary N) is 1. The molecule has 0 amide bonds. The van der Waals surface area contributed by atoms with E-state index in [0.29, 0.717) is 19.1 Å². The molecule has 6 heteroatoms. The highest BCUT2D eigenvalue weighted by Crippen LogP contribution is 1.95. The lowest BCUT2D eigenvalue weighted by atomic mass is 10.4. The molecule has 0 aliphatic rings. The Bertz CT molecular complexity index is 297. The van der Waals surface area contributed by atoms with Gasteiger partial charge >= 0.3 is 0 Å². The summed E-state index contributed by atoms with van der Waals surface area (Å²) in [6.07, 6.45) is 1.50. The van der Waals surface area contributed by atoms with Crippen molar-refractivity contribution in [2.75, 3.05) is 13.7 Å². The van der Waals surface area contributed by atoms with Gasteiger partial charge in [-0.15, -0.1) is 0 Å². The number of rotatable bonds is 5. The third kappa shape index (κ3) is 4.46. The van der Waals surface area contributed by atoms with Crippen LogP contribution in [-0.4, -0.2) is 30.9 Å². The van der Waals surface area contributed by atoms with Gasteiger partial charge in [-0.1, -0.05) is 5.16 Å². The molecule has 1 unspecified atom stereocenters. The molecule has 1 atom stereocenters. The van der Waals surface area contributed by atoms with Crippen LogP contribution in [0.15, 0.2) is 21.8 Å². The molecule has 0 bridgehead atoms. The summed E-state index contributed by atoms with van der Waals surface area (Å²) in [5.74, 6) is 0.377. The van der Waals surface area contributed by atoms with Crippen molar-refractivity contribution >= 4 is 5.96 Å². The van der Waals surface area contributed by atoms with Crippen molar-refractivity contribution in [2.45, 2.75) is 19.5 Å². The monoisotopic (exact) mass is 212 g/mol. The summed E-state index contributed by atoms with van der Waals surface area (Å²) in [6.45, 7) is 2.96. The molecule has 84 valence electrons. The average Bonchev–Trinajstić information content (AvgIpc) is 2.67. The van der Waals surface area contributed by atoms with Crippen LogP contribution in [0.2, 0.25) is 0 Å². The van der Waals surface area contributed by atoms with Crippen LogP contribution in [-0.2, 0) is 11.3 Å². The maximum Gasteiger partial charge on any atom is 0.189 e. The molecule has 0 aliphatic carbocycles. The summed E-state index contributed by atoms with van der Waals surface area (Å²) in [5, 5.41) is 6.70. The van der Waals surface area contributed by atoms with Gasteiger partial charge in [-0.3, -0.25) is 0 Å². The second-order valence-electron chi connectivity index (χ2n) is 3.19. The summed E-state index contributed by atoms with van der Waals surface area (Å²) < 4.78 is 9.62. The largest absolute Gasteiger partial charge is 0.383 e. The van der Waals surface area contributed by atoms with Crippen LogP contribution >= 0.6 is 0 Å². The fourth-order valence-corrected chi connectivity index (χ4v) is 1.08. The summed E-state index contributed by atoms with van der Waals surface area (Å²) in [4.78, 5) is 4.09. The molecule has 0 fully saturated rings. The van der Waals surface area contributed by atoms with Crippen LogP contribution in [0.3, 0.4) is 0 Å². The topological polar surface area (TPSA) is 85.7 Å². The summed E-state index contributed by atoms with van der Waals surface area (Å²) in [7, 11) is 1.64. The van der Waals surface area contributed by atoms with Crippen LogP contribution < -0.4 is 11.1 Å². The Morgan fingerprint density at radius 1 is 1.80 bits per heavy atom. The highest BCUT2D eigenvalue weighted by molar-refractivity contribution is 5.78. The molecule has 0 aromatic carbocycles. The highest BCUT2D eigenvalue weighted by Gasteiger charge is 2.01. The molecule has 15 heavy (non-hydrogen) atoms. The first kappa shape index (κ1) is 11.5. The molecular weight excluding hydrogens is 196 g/mol. The molecule has 0 radical (unpaired) electrons. The minimum atomic E-state index is 0.135. The Morgan fingerprint density at radius 3 is 3.20 bits per heavy atom. The number of hydrogen-bond acceptors (Lipinski definition) is 4. The predicted molar refractivity (Wildman–Crippen MR) is 56.3 cm³/mol. The molecular formula is C9H16N4O2. The molecule has 1 aromatic rings. The number of nitrogens with zero attached hydrogens (tertiary/aromatic N) is 2. The maximum absolute atomic E-state index is 5.65. The van der Waals surface area contributed by atoms with E-state index in [4.69, 9.17) is 10.5 Å². The fourth-order valence-electron chi connectivity index (χ4n) is 1.08. The van der Waals surface area contributed by atoms with Crippen molar-refractivity contribution in [3.05, 3.63) is 18.0 Å². The quantitative estimate of drug-likeness (QED) is 0.534. The Labute approximate surface area is 88.5 Å². The number of aliphatic imine (C=N–C) groups is 1. The van der Waals surface area contributed by atoms with E-state index >= 15 is 0 Å². The molecule has 6 nitrogen and oxygen atoms in total. The molecule has 1 heterocycles. The predicted octanol–water partition coefficient (Wildman–Crippen LogP) is 0.114. The number of aromatic nitrogens is 1. The first-order valence-electron chi connectivity index (χ1n) is 4.67. The second-order valence-corrected chi connectivity index (χ2v) is 3.19.